The molecule has 118 valence electrons. The molecule has 0 saturated heterocycles. The van der Waals surface area contributed by atoms with Crippen molar-refractivity contribution in [1.29, 1.82) is 0 Å². The second-order valence-electron chi connectivity index (χ2n) is 5.70. The molecule has 0 heterocycles. The molecule has 0 spiro atoms. The third-order valence-electron chi connectivity index (χ3n) is 3.49. The van der Waals surface area contributed by atoms with Crippen molar-refractivity contribution >= 4 is 11.9 Å². The lowest BCUT2D eigenvalue weighted by Crippen LogP contribution is -2.46. The Bertz CT molecular complexity index is 311. The number of carboxylic acid groups (broad SMARTS) is 1. The molecule has 1 atom stereocenters. The second-order valence-corrected chi connectivity index (χ2v) is 5.70. The summed E-state index contributed by atoms with van der Waals surface area (Å²) in [6, 6.07) is 0. The number of carboxylic acids is 1. The zero-order chi connectivity index (χ0) is 15.8. The van der Waals surface area contributed by atoms with Crippen LogP contribution in [0.4, 0.5) is 0 Å². The summed E-state index contributed by atoms with van der Waals surface area (Å²) >= 11 is 0. The Hall–Kier alpha value is -1.10. The second kappa shape index (κ2) is 8.95. The van der Waals surface area contributed by atoms with Crippen molar-refractivity contribution in [3.8, 4) is 0 Å². The van der Waals surface area contributed by atoms with Crippen LogP contribution >= 0.6 is 0 Å². The van der Waals surface area contributed by atoms with E-state index in [1.54, 1.807) is 20.8 Å². The molecule has 0 fully saturated rings. The third-order valence-corrected chi connectivity index (χ3v) is 3.49. The fourth-order valence-electron chi connectivity index (χ4n) is 1.98. The maximum Gasteiger partial charge on any atom is 0.323 e. The first-order chi connectivity index (χ1) is 9.28. The van der Waals surface area contributed by atoms with Gasteiger partial charge in [0.25, 0.3) is 0 Å². The van der Waals surface area contributed by atoms with Crippen LogP contribution in [0.3, 0.4) is 0 Å². The van der Waals surface area contributed by atoms with E-state index >= 15 is 0 Å². The van der Waals surface area contributed by atoms with Crippen LogP contribution < -0.4 is 0 Å². The first-order valence-electron chi connectivity index (χ1n) is 7.27. The van der Waals surface area contributed by atoms with Crippen LogP contribution in [0.25, 0.3) is 0 Å². The Balaban J connectivity index is 4.69. The Kier molecular flexibility index (Phi) is 8.46. The highest BCUT2D eigenvalue weighted by Crippen LogP contribution is 2.34. The van der Waals surface area contributed by atoms with Crippen molar-refractivity contribution in [2.45, 2.75) is 47.5 Å². The van der Waals surface area contributed by atoms with Gasteiger partial charge in [-0.2, -0.15) is 0 Å². The van der Waals surface area contributed by atoms with Gasteiger partial charge in [0.05, 0.1) is 6.61 Å². The van der Waals surface area contributed by atoms with E-state index in [4.69, 9.17) is 9.47 Å². The minimum atomic E-state index is -1.52. The maximum atomic E-state index is 12.1. The molecule has 5 heteroatoms. The number of rotatable bonds is 10. The van der Waals surface area contributed by atoms with Crippen molar-refractivity contribution in [1.82, 2.24) is 0 Å². The summed E-state index contributed by atoms with van der Waals surface area (Å²) in [5.74, 6) is -1.63. The highest BCUT2D eigenvalue weighted by atomic mass is 16.5. The molecule has 1 N–H and O–H groups in total. The van der Waals surface area contributed by atoms with Gasteiger partial charge >= 0.3 is 11.9 Å². The average Bonchev–Trinajstić information content (AvgIpc) is 2.32. The number of carbonyl (C=O) groups is 2. The summed E-state index contributed by atoms with van der Waals surface area (Å²) in [5.41, 5.74) is -1.52. The van der Waals surface area contributed by atoms with Gasteiger partial charge in [-0.1, -0.05) is 27.7 Å². The van der Waals surface area contributed by atoms with Crippen LogP contribution in [-0.4, -0.2) is 36.9 Å². The molecule has 0 aliphatic carbocycles. The van der Waals surface area contributed by atoms with Gasteiger partial charge in [0.1, 0.15) is 0 Å². The van der Waals surface area contributed by atoms with Crippen LogP contribution in [0.5, 0.6) is 0 Å². The van der Waals surface area contributed by atoms with Gasteiger partial charge in [0.2, 0.25) is 0 Å². The number of hydrogen-bond donors (Lipinski definition) is 1. The van der Waals surface area contributed by atoms with Gasteiger partial charge in [-0.3, -0.25) is 9.59 Å². The Morgan fingerprint density at radius 1 is 1.15 bits per heavy atom. The fraction of sp³-hybridized carbons (Fsp3) is 0.867. The van der Waals surface area contributed by atoms with Gasteiger partial charge in [0, 0.05) is 13.2 Å². The molecule has 0 radical (unpaired) electrons. The summed E-state index contributed by atoms with van der Waals surface area (Å²) in [5, 5.41) is 9.48. The molecule has 0 aliphatic rings. The lowest BCUT2D eigenvalue weighted by molar-refractivity contribution is -0.174. The van der Waals surface area contributed by atoms with Crippen LogP contribution in [0.2, 0.25) is 0 Å². The predicted molar refractivity (Wildman–Crippen MR) is 76.4 cm³/mol. The molecule has 0 aliphatic heterocycles. The molecule has 0 amide bonds. The number of carbonyl (C=O) groups excluding carboxylic acids is 1. The normalized spacial score (nSPS) is 14.3. The maximum absolute atomic E-state index is 12.1. The zero-order valence-electron chi connectivity index (χ0n) is 13.3. The summed E-state index contributed by atoms with van der Waals surface area (Å²) < 4.78 is 10.4. The van der Waals surface area contributed by atoms with Gasteiger partial charge in [0.15, 0.2) is 5.41 Å². The van der Waals surface area contributed by atoms with Gasteiger partial charge in [-0.15, -0.1) is 0 Å². The van der Waals surface area contributed by atoms with Gasteiger partial charge in [-0.25, -0.2) is 0 Å². The van der Waals surface area contributed by atoms with E-state index in [0.717, 1.165) is 6.42 Å². The Morgan fingerprint density at radius 2 is 1.75 bits per heavy atom. The minimum Gasteiger partial charge on any atom is -0.480 e. The SMILES string of the molecule is CCOC(=O)C(CCOCCC(C)C)(C(=O)O)C(C)C. The van der Waals surface area contributed by atoms with Crippen molar-refractivity contribution in [2.75, 3.05) is 19.8 Å². The molecule has 0 aromatic rings. The Labute approximate surface area is 121 Å². The van der Waals surface area contributed by atoms with Crippen LogP contribution in [0.1, 0.15) is 47.5 Å². The van der Waals surface area contributed by atoms with E-state index in [2.05, 4.69) is 13.8 Å². The molecule has 0 saturated carbocycles. The van der Waals surface area contributed by atoms with Crippen molar-refractivity contribution in [3.05, 3.63) is 0 Å². The van der Waals surface area contributed by atoms with E-state index in [1.165, 1.54) is 0 Å². The molecule has 20 heavy (non-hydrogen) atoms. The zero-order valence-corrected chi connectivity index (χ0v) is 13.3. The molecular formula is C15H28O5. The van der Waals surface area contributed by atoms with Crippen LogP contribution in [0.15, 0.2) is 0 Å². The smallest absolute Gasteiger partial charge is 0.323 e. The van der Waals surface area contributed by atoms with Crippen molar-refractivity contribution < 1.29 is 24.2 Å². The quantitative estimate of drug-likeness (QED) is 0.380. The predicted octanol–water partition coefficient (Wildman–Crippen LogP) is 2.73. The first-order valence-corrected chi connectivity index (χ1v) is 7.27. The summed E-state index contributed by atoms with van der Waals surface area (Å²) in [7, 11) is 0. The van der Waals surface area contributed by atoms with E-state index in [9.17, 15) is 14.7 Å². The molecule has 0 rings (SSSR count). The third kappa shape index (κ3) is 5.12. The summed E-state index contributed by atoms with van der Waals surface area (Å²) in [4.78, 5) is 23.7. The first kappa shape index (κ1) is 18.9. The Morgan fingerprint density at radius 3 is 2.15 bits per heavy atom. The standard InChI is InChI=1S/C15H28O5/c1-6-20-14(18)15(12(4)5,13(16)17)8-10-19-9-7-11(2)3/h11-12H,6-10H2,1-5H3,(H,16,17). The average molecular weight is 288 g/mol. The number of hydrogen-bond acceptors (Lipinski definition) is 4. The van der Waals surface area contributed by atoms with Crippen LogP contribution in [0, 0.1) is 17.3 Å². The number of aliphatic carboxylic acids is 1. The topological polar surface area (TPSA) is 72.8 Å². The van der Waals surface area contributed by atoms with E-state index in [-0.39, 0.29) is 25.6 Å². The van der Waals surface area contributed by atoms with E-state index in [1.807, 2.05) is 0 Å². The number of esters is 1. The fourth-order valence-corrected chi connectivity index (χ4v) is 1.98. The molecular weight excluding hydrogens is 260 g/mol. The lowest BCUT2D eigenvalue weighted by atomic mass is 9.74. The monoisotopic (exact) mass is 288 g/mol. The van der Waals surface area contributed by atoms with Crippen LogP contribution in [-0.2, 0) is 19.1 Å². The summed E-state index contributed by atoms with van der Waals surface area (Å²) in [6.07, 6.45) is 1.05. The largest absolute Gasteiger partial charge is 0.480 e. The highest BCUT2D eigenvalue weighted by molar-refractivity contribution is 5.99. The summed E-state index contributed by atoms with van der Waals surface area (Å²) in [6.45, 7) is 10.3. The van der Waals surface area contributed by atoms with Crippen molar-refractivity contribution in [2.24, 2.45) is 17.3 Å². The van der Waals surface area contributed by atoms with Gasteiger partial charge in [-0.05, 0) is 31.6 Å². The van der Waals surface area contributed by atoms with Crippen molar-refractivity contribution in [3.63, 3.8) is 0 Å². The van der Waals surface area contributed by atoms with Gasteiger partial charge < -0.3 is 14.6 Å². The van der Waals surface area contributed by atoms with E-state index < -0.39 is 17.4 Å². The molecule has 0 aromatic heterocycles. The number of ether oxygens (including phenoxy) is 2. The lowest BCUT2D eigenvalue weighted by Gasteiger charge is -2.30. The van der Waals surface area contributed by atoms with E-state index in [0.29, 0.717) is 12.5 Å². The molecule has 0 aromatic carbocycles. The minimum absolute atomic E-state index is 0.136. The molecule has 5 nitrogen and oxygen atoms in total. The highest BCUT2D eigenvalue weighted by Gasteiger charge is 2.50. The molecule has 1 unspecified atom stereocenters. The molecule has 0 bridgehead atoms.